The van der Waals surface area contributed by atoms with E-state index in [0.717, 1.165) is 17.9 Å². The quantitative estimate of drug-likeness (QED) is 0.777. The van der Waals surface area contributed by atoms with Crippen LogP contribution in [0.3, 0.4) is 0 Å². The Labute approximate surface area is 128 Å². The number of thiazole rings is 1. The summed E-state index contributed by atoms with van der Waals surface area (Å²) in [6.45, 7) is 0.450. The van der Waals surface area contributed by atoms with Crippen molar-refractivity contribution in [1.82, 2.24) is 4.98 Å². The van der Waals surface area contributed by atoms with Crippen LogP contribution in [0.1, 0.15) is 16.8 Å². The molecule has 4 heteroatoms. The van der Waals surface area contributed by atoms with E-state index in [4.69, 9.17) is 10.5 Å². The molecule has 0 amide bonds. The largest absolute Gasteiger partial charge is 0.487 e. The van der Waals surface area contributed by atoms with E-state index in [0.29, 0.717) is 11.7 Å². The van der Waals surface area contributed by atoms with E-state index in [1.807, 2.05) is 23.6 Å². The molecule has 3 nitrogen and oxygen atoms in total. The first kappa shape index (κ1) is 13.6. The summed E-state index contributed by atoms with van der Waals surface area (Å²) in [7, 11) is 0. The van der Waals surface area contributed by atoms with Crippen LogP contribution < -0.4 is 10.5 Å². The zero-order chi connectivity index (χ0) is 14.5. The summed E-state index contributed by atoms with van der Waals surface area (Å²) in [5.41, 5.74) is 9.04. The van der Waals surface area contributed by atoms with Crippen molar-refractivity contribution in [3.8, 4) is 5.75 Å². The summed E-state index contributed by atoms with van der Waals surface area (Å²) in [6.07, 6.45) is 0.934. The Bertz CT molecular complexity index is 692. The van der Waals surface area contributed by atoms with Crippen LogP contribution in [-0.4, -0.2) is 4.98 Å². The number of hydrogen-bond donors (Lipinski definition) is 1. The van der Waals surface area contributed by atoms with E-state index in [1.165, 1.54) is 22.5 Å². The highest BCUT2D eigenvalue weighted by atomic mass is 32.1. The molecule has 0 spiro atoms. The van der Waals surface area contributed by atoms with E-state index in [9.17, 15) is 0 Å². The van der Waals surface area contributed by atoms with Crippen LogP contribution >= 0.6 is 11.3 Å². The van der Waals surface area contributed by atoms with Gasteiger partial charge in [-0.15, -0.1) is 11.3 Å². The predicted octanol–water partition coefficient (Wildman–Crippen LogP) is 3.90. The highest BCUT2D eigenvalue weighted by Gasteiger charge is 2.01. The minimum absolute atomic E-state index is 0.450. The second kappa shape index (κ2) is 6.41. The summed E-state index contributed by atoms with van der Waals surface area (Å²) >= 11 is 1.43. The second-order valence-electron chi connectivity index (χ2n) is 4.77. The Morgan fingerprint density at radius 1 is 0.952 bits per heavy atom. The van der Waals surface area contributed by atoms with E-state index in [2.05, 4.69) is 41.4 Å². The molecular weight excluding hydrogens is 280 g/mol. The molecule has 0 radical (unpaired) electrons. The van der Waals surface area contributed by atoms with Crippen molar-refractivity contribution >= 4 is 16.5 Å². The molecule has 0 saturated heterocycles. The Morgan fingerprint density at radius 2 is 1.67 bits per heavy atom. The average Bonchev–Trinajstić information content (AvgIpc) is 2.93. The summed E-state index contributed by atoms with van der Waals surface area (Å²) in [6, 6.07) is 18.6. The fourth-order valence-corrected chi connectivity index (χ4v) is 2.63. The summed E-state index contributed by atoms with van der Waals surface area (Å²) in [4.78, 5) is 4.17. The molecule has 0 atom stereocenters. The van der Waals surface area contributed by atoms with Crippen LogP contribution in [0.4, 0.5) is 5.13 Å². The van der Waals surface area contributed by atoms with Crippen molar-refractivity contribution in [2.75, 3.05) is 5.73 Å². The second-order valence-corrected chi connectivity index (χ2v) is 5.66. The Balaban J connectivity index is 1.59. The van der Waals surface area contributed by atoms with Crippen molar-refractivity contribution in [2.45, 2.75) is 13.0 Å². The van der Waals surface area contributed by atoms with Gasteiger partial charge in [0.25, 0.3) is 0 Å². The molecule has 3 aromatic rings. The van der Waals surface area contributed by atoms with Crippen molar-refractivity contribution in [1.29, 1.82) is 0 Å². The third-order valence-electron chi connectivity index (χ3n) is 3.13. The first-order valence-corrected chi connectivity index (χ1v) is 7.63. The number of ether oxygens (including phenoxy) is 1. The number of nitrogens with two attached hydrogens (primary N) is 1. The first-order chi connectivity index (χ1) is 10.3. The summed E-state index contributed by atoms with van der Waals surface area (Å²) < 4.78 is 5.70. The third-order valence-corrected chi connectivity index (χ3v) is 3.85. The first-order valence-electron chi connectivity index (χ1n) is 6.75. The van der Waals surface area contributed by atoms with Crippen LogP contribution in [-0.2, 0) is 13.0 Å². The predicted molar refractivity (Wildman–Crippen MR) is 86.5 cm³/mol. The highest BCUT2D eigenvalue weighted by Crippen LogP contribution is 2.18. The number of hydrogen-bond acceptors (Lipinski definition) is 4. The fourth-order valence-electron chi connectivity index (χ4n) is 2.08. The van der Waals surface area contributed by atoms with Gasteiger partial charge in [0.1, 0.15) is 12.4 Å². The number of anilines is 1. The fraction of sp³-hybridized carbons (Fsp3) is 0.118. The molecule has 0 unspecified atom stereocenters. The Kier molecular flexibility index (Phi) is 4.17. The molecule has 2 aromatic carbocycles. The smallest absolute Gasteiger partial charge is 0.180 e. The summed E-state index contributed by atoms with van der Waals surface area (Å²) in [5, 5.41) is 2.49. The van der Waals surface area contributed by atoms with Gasteiger partial charge in [0, 0.05) is 5.38 Å². The van der Waals surface area contributed by atoms with Gasteiger partial charge in [0.15, 0.2) is 5.13 Å². The molecule has 21 heavy (non-hydrogen) atoms. The molecular formula is C17H16N2OS. The SMILES string of the molecule is Nc1nc(COc2ccc(Cc3ccccc3)cc2)cs1. The van der Waals surface area contributed by atoms with E-state index < -0.39 is 0 Å². The Morgan fingerprint density at radius 3 is 2.33 bits per heavy atom. The molecule has 2 N–H and O–H groups in total. The van der Waals surface area contributed by atoms with Gasteiger partial charge in [0.2, 0.25) is 0 Å². The average molecular weight is 296 g/mol. The molecule has 106 valence electrons. The number of nitrogens with zero attached hydrogens (tertiary/aromatic N) is 1. The standard InChI is InChI=1S/C17H16N2OS/c18-17-19-15(12-21-17)11-20-16-8-6-14(7-9-16)10-13-4-2-1-3-5-13/h1-9,12H,10-11H2,(H2,18,19). The zero-order valence-corrected chi connectivity index (χ0v) is 12.3. The number of benzene rings is 2. The molecule has 1 heterocycles. The molecule has 0 fully saturated rings. The van der Waals surface area contributed by atoms with E-state index in [-0.39, 0.29) is 0 Å². The molecule has 0 aliphatic carbocycles. The minimum Gasteiger partial charge on any atom is -0.487 e. The van der Waals surface area contributed by atoms with Crippen molar-refractivity contribution < 1.29 is 4.74 Å². The third kappa shape index (κ3) is 3.83. The maximum Gasteiger partial charge on any atom is 0.180 e. The number of aromatic nitrogens is 1. The molecule has 0 saturated carbocycles. The maximum absolute atomic E-state index is 5.70. The van der Waals surface area contributed by atoms with Crippen molar-refractivity contribution in [3.63, 3.8) is 0 Å². The number of nitrogen functional groups attached to an aromatic ring is 1. The van der Waals surface area contributed by atoms with Gasteiger partial charge in [-0.3, -0.25) is 0 Å². The van der Waals surface area contributed by atoms with Gasteiger partial charge in [-0.2, -0.15) is 0 Å². The lowest BCUT2D eigenvalue weighted by Gasteiger charge is -2.06. The topological polar surface area (TPSA) is 48.1 Å². The molecule has 0 bridgehead atoms. The lowest BCUT2D eigenvalue weighted by molar-refractivity contribution is 0.302. The van der Waals surface area contributed by atoms with Gasteiger partial charge in [0.05, 0.1) is 5.69 Å². The van der Waals surface area contributed by atoms with E-state index >= 15 is 0 Å². The number of rotatable bonds is 5. The van der Waals surface area contributed by atoms with Gasteiger partial charge in [-0.05, 0) is 29.7 Å². The van der Waals surface area contributed by atoms with Crippen LogP contribution in [0.15, 0.2) is 60.0 Å². The molecule has 1 aromatic heterocycles. The highest BCUT2D eigenvalue weighted by molar-refractivity contribution is 7.13. The van der Waals surface area contributed by atoms with Crippen LogP contribution in [0.25, 0.3) is 0 Å². The van der Waals surface area contributed by atoms with Gasteiger partial charge in [-0.1, -0.05) is 42.5 Å². The Hall–Kier alpha value is -2.33. The summed E-state index contributed by atoms with van der Waals surface area (Å²) in [5.74, 6) is 0.846. The van der Waals surface area contributed by atoms with E-state index in [1.54, 1.807) is 0 Å². The van der Waals surface area contributed by atoms with Crippen molar-refractivity contribution in [3.05, 3.63) is 76.8 Å². The molecule has 0 aliphatic rings. The lowest BCUT2D eigenvalue weighted by Crippen LogP contribution is -1.96. The normalized spacial score (nSPS) is 10.5. The monoisotopic (exact) mass is 296 g/mol. The lowest BCUT2D eigenvalue weighted by atomic mass is 10.1. The van der Waals surface area contributed by atoms with Gasteiger partial charge < -0.3 is 10.5 Å². The van der Waals surface area contributed by atoms with Crippen molar-refractivity contribution in [2.24, 2.45) is 0 Å². The van der Waals surface area contributed by atoms with Gasteiger partial charge >= 0.3 is 0 Å². The zero-order valence-electron chi connectivity index (χ0n) is 11.5. The maximum atomic E-state index is 5.70. The van der Waals surface area contributed by atoms with Gasteiger partial charge in [-0.25, -0.2) is 4.98 Å². The van der Waals surface area contributed by atoms with Crippen LogP contribution in [0.5, 0.6) is 5.75 Å². The molecule has 3 rings (SSSR count). The molecule has 0 aliphatic heterocycles. The van der Waals surface area contributed by atoms with Crippen LogP contribution in [0.2, 0.25) is 0 Å². The minimum atomic E-state index is 0.450. The van der Waals surface area contributed by atoms with Crippen LogP contribution in [0, 0.1) is 0 Å².